The number of nitrogens with zero attached hydrogens (tertiary/aromatic N) is 4. The van der Waals surface area contributed by atoms with Crippen LogP contribution in [0.4, 0.5) is 0 Å². The summed E-state index contributed by atoms with van der Waals surface area (Å²) in [6, 6.07) is 58.7. The van der Waals surface area contributed by atoms with Gasteiger partial charge in [-0.1, -0.05) is 103 Å². The van der Waals surface area contributed by atoms with E-state index in [4.69, 9.17) is 0 Å². The molecule has 0 atom stereocenters. The first kappa shape index (κ1) is 27.4. The smallest absolute Gasteiger partial charge is 0.0998 e. The van der Waals surface area contributed by atoms with Crippen LogP contribution in [0.3, 0.4) is 0 Å². The molecule has 0 radical (unpaired) electrons. The van der Waals surface area contributed by atoms with Gasteiger partial charge in [0.2, 0.25) is 0 Å². The lowest BCUT2D eigenvalue weighted by atomic mass is 9.92. The van der Waals surface area contributed by atoms with E-state index in [1.54, 1.807) is 0 Å². The van der Waals surface area contributed by atoms with E-state index >= 15 is 0 Å². The number of hydrogen-bond acceptors (Lipinski definition) is 2. The predicted molar refractivity (Wildman–Crippen MR) is 195 cm³/mol. The number of para-hydroxylation sites is 5. The van der Waals surface area contributed by atoms with Crippen LogP contribution in [0.25, 0.3) is 77.2 Å². The number of hydrogen-bond donors (Lipinski definition) is 0. The predicted octanol–water partition coefficient (Wildman–Crippen LogP) is 11.0. The van der Waals surface area contributed by atoms with Crippen molar-refractivity contribution in [3.63, 3.8) is 0 Å². The molecule has 0 bridgehead atoms. The topological polar surface area (TPSA) is 57.4 Å². The molecule has 9 rings (SSSR count). The van der Waals surface area contributed by atoms with Crippen LogP contribution in [0.15, 0.2) is 158 Å². The molecule has 0 saturated heterocycles. The summed E-state index contributed by atoms with van der Waals surface area (Å²) in [6.07, 6.45) is 0. The molecule has 48 heavy (non-hydrogen) atoms. The molecule has 0 aliphatic heterocycles. The van der Waals surface area contributed by atoms with E-state index in [0.29, 0.717) is 11.1 Å². The minimum atomic E-state index is 0.548. The fourth-order valence-corrected chi connectivity index (χ4v) is 7.33. The van der Waals surface area contributed by atoms with Crippen molar-refractivity contribution in [1.29, 1.82) is 10.5 Å². The monoisotopic (exact) mass is 610 g/mol. The quantitative estimate of drug-likeness (QED) is 0.199. The van der Waals surface area contributed by atoms with Gasteiger partial charge in [-0.25, -0.2) is 0 Å². The standard InChI is InChI=1S/C44H26N4/c45-27-30-21-23-32(47-40-16-6-2-12-35(40)36-13-3-7-17-41(36)47)26-39(30)29-22-24-33(31(25-29)28-46)34-11-1-8-18-42(34)48-43-19-9-4-14-37(43)38-15-5-10-20-44(38)48/h1-26H. The normalized spacial score (nSPS) is 11.3. The van der Waals surface area contributed by atoms with Crippen molar-refractivity contribution in [3.05, 3.63) is 169 Å². The lowest BCUT2D eigenvalue weighted by molar-refractivity contribution is 1.18. The van der Waals surface area contributed by atoms with Gasteiger partial charge < -0.3 is 9.13 Å². The lowest BCUT2D eigenvalue weighted by Crippen LogP contribution is -1.99. The molecule has 7 aromatic carbocycles. The highest BCUT2D eigenvalue weighted by Gasteiger charge is 2.19. The molecule has 0 unspecified atom stereocenters. The highest BCUT2D eigenvalue weighted by atomic mass is 15.0. The SMILES string of the molecule is N#Cc1ccc(-n2c3ccccc3c3ccccc32)cc1-c1ccc(-c2ccccc2-n2c3ccccc3c3ccccc32)c(C#N)c1. The highest BCUT2D eigenvalue weighted by Crippen LogP contribution is 2.39. The Labute approximate surface area is 277 Å². The Bertz CT molecular complexity index is 2710. The summed E-state index contributed by atoms with van der Waals surface area (Å²) in [5.74, 6) is 0. The zero-order valence-electron chi connectivity index (χ0n) is 25.8. The summed E-state index contributed by atoms with van der Waals surface area (Å²) in [4.78, 5) is 0. The van der Waals surface area contributed by atoms with Crippen LogP contribution in [0, 0.1) is 22.7 Å². The van der Waals surface area contributed by atoms with Crippen LogP contribution < -0.4 is 0 Å². The molecule has 0 aliphatic rings. The van der Waals surface area contributed by atoms with E-state index in [2.05, 4.69) is 137 Å². The number of fused-ring (bicyclic) bond motifs is 6. The minimum absolute atomic E-state index is 0.548. The Hall–Kier alpha value is -6.88. The van der Waals surface area contributed by atoms with Gasteiger partial charge in [-0.05, 0) is 60.2 Å². The molecule has 2 aromatic heterocycles. The first-order chi connectivity index (χ1) is 23.7. The van der Waals surface area contributed by atoms with Crippen LogP contribution in [0.2, 0.25) is 0 Å². The van der Waals surface area contributed by atoms with Crippen molar-refractivity contribution >= 4 is 43.6 Å². The maximum atomic E-state index is 10.6. The van der Waals surface area contributed by atoms with Crippen molar-refractivity contribution < 1.29 is 0 Å². The molecular weight excluding hydrogens is 585 g/mol. The van der Waals surface area contributed by atoms with E-state index in [9.17, 15) is 10.5 Å². The molecule has 0 N–H and O–H groups in total. The van der Waals surface area contributed by atoms with E-state index in [1.807, 2.05) is 42.5 Å². The van der Waals surface area contributed by atoms with Crippen molar-refractivity contribution in [2.24, 2.45) is 0 Å². The first-order valence-electron chi connectivity index (χ1n) is 15.9. The third kappa shape index (κ3) is 4.07. The van der Waals surface area contributed by atoms with Gasteiger partial charge in [0, 0.05) is 43.9 Å². The second kappa shape index (κ2) is 10.9. The molecule has 0 spiro atoms. The molecule has 222 valence electrons. The van der Waals surface area contributed by atoms with E-state index in [1.165, 1.54) is 21.5 Å². The van der Waals surface area contributed by atoms with Gasteiger partial charge in [0.15, 0.2) is 0 Å². The maximum Gasteiger partial charge on any atom is 0.0998 e. The van der Waals surface area contributed by atoms with Gasteiger partial charge in [-0.2, -0.15) is 10.5 Å². The fraction of sp³-hybridized carbons (Fsp3) is 0. The molecular formula is C44H26N4. The Kier molecular flexibility index (Phi) is 6.22. The largest absolute Gasteiger partial charge is 0.309 e. The van der Waals surface area contributed by atoms with Crippen LogP contribution >= 0.6 is 0 Å². The summed E-state index contributed by atoms with van der Waals surface area (Å²) in [5.41, 5.74) is 10.9. The van der Waals surface area contributed by atoms with E-state index in [0.717, 1.165) is 55.7 Å². The molecule has 0 amide bonds. The fourth-order valence-electron chi connectivity index (χ4n) is 7.33. The number of aromatic nitrogens is 2. The highest BCUT2D eigenvalue weighted by molar-refractivity contribution is 6.10. The van der Waals surface area contributed by atoms with Gasteiger partial charge in [-0.3, -0.25) is 0 Å². The second-order valence-corrected chi connectivity index (χ2v) is 12.0. The molecule has 4 nitrogen and oxygen atoms in total. The zero-order valence-corrected chi connectivity index (χ0v) is 25.8. The molecule has 4 heteroatoms. The third-order valence-electron chi connectivity index (χ3n) is 9.43. The zero-order chi connectivity index (χ0) is 32.2. The minimum Gasteiger partial charge on any atom is -0.309 e. The van der Waals surface area contributed by atoms with E-state index < -0.39 is 0 Å². The summed E-state index contributed by atoms with van der Waals surface area (Å²) < 4.78 is 4.54. The van der Waals surface area contributed by atoms with Gasteiger partial charge in [0.25, 0.3) is 0 Å². The van der Waals surface area contributed by atoms with Crippen molar-refractivity contribution in [2.45, 2.75) is 0 Å². The summed E-state index contributed by atoms with van der Waals surface area (Å²) in [6.45, 7) is 0. The summed E-state index contributed by atoms with van der Waals surface area (Å²) in [5, 5.41) is 25.5. The Morgan fingerprint density at radius 1 is 0.375 bits per heavy atom. The Morgan fingerprint density at radius 3 is 1.44 bits per heavy atom. The Balaban J connectivity index is 1.22. The second-order valence-electron chi connectivity index (χ2n) is 12.0. The molecule has 2 heterocycles. The number of nitriles is 2. The van der Waals surface area contributed by atoms with Crippen molar-refractivity contribution in [1.82, 2.24) is 9.13 Å². The van der Waals surface area contributed by atoms with Crippen LogP contribution in [0.1, 0.15) is 11.1 Å². The van der Waals surface area contributed by atoms with Crippen LogP contribution in [-0.2, 0) is 0 Å². The van der Waals surface area contributed by atoms with Gasteiger partial charge in [0.05, 0.1) is 51.0 Å². The molecule has 0 aliphatic carbocycles. The number of rotatable bonds is 4. The average molecular weight is 611 g/mol. The average Bonchev–Trinajstić information content (AvgIpc) is 3.67. The molecule has 9 aromatic rings. The maximum absolute atomic E-state index is 10.6. The lowest BCUT2D eigenvalue weighted by Gasteiger charge is -2.16. The first-order valence-corrected chi connectivity index (χ1v) is 15.9. The van der Waals surface area contributed by atoms with Gasteiger partial charge in [0.1, 0.15) is 0 Å². The van der Waals surface area contributed by atoms with Crippen molar-refractivity contribution in [2.75, 3.05) is 0 Å². The third-order valence-corrected chi connectivity index (χ3v) is 9.43. The van der Waals surface area contributed by atoms with Crippen LogP contribution in [0.5, 0.6) is 0 Å². The van der Waals surface area contributed by atoms with Crippen LogP contribution in [-0.4, -0.2) is 9.13 Å². The summed E-state index contributed by atoms with van der Waals surface area (Å²) in [7, 11) is 0. The number of benzene rings is 7. The van der Waals surface area contributed by atoms with Gasteiger partial charge >= 0.3 is 0 Å². The Morgan fingerprint density at radius 2 is 0.875 bits per heavy atom. The van der Waals surface area contributed by atoms with Crippen molar-refractivity contribution in [3.8, 4) is 45.8 Å². The molecule has 0 saturated carbocycles. The molecule has 0 fully saturated rings. The van der Waals surface area contributed by atoms with Gasteiger partial charge in [-0.15, -0.1) is 0 Å². The van der Waals surface area contributed by atoms with E-state index in [-0.39, 0.29) is 0 Å². The summed E-state index contributed by atoms with van der Waals surface area (Å²) >= 11 is 0.